The molecule has 0 radical (unpaired) electrons. The van der Waals surface area contributed by atoms with Crippen LogP contribution in [0, 0.1) is 11.7 Å². The molecule has 0 aromatic heterocycles. The van der Waals surface area contributed by atoms with Gasteiger partial charge < -0.3 is 10.1 Å². The molecular weight excluding hydrogens is 281 g/mol. The van der Waals surface area contributed by atoms with E-state index in [9.17, 15) is 9.18 Å². The standard InChI is InChI=1S/C15H19ClFNO2/c1-20-14-8-11(5-6-13(14)17)15(19)18-9-10-3-2-4-12(16)7-10/h5-6,8,10,12H,2-4,7,9H2,1H3,(H,18,19). The van der Waals surface area contributed by atoms with Gasteiger partial charge in [0.25, 0.3) is 5.91 Å². The number of halogens is 2. The summed E-state index contributed by atoms with van der Waals surface area (Å²) in [5, 5.41) is 3.10. The Morgan fingerprint density at radius 1 is 1.50 bits per heavy atom. The SMILES string of the molecule is COc1cc(C(=O)NCC2CCCC(Cl)C2)ccc1F. The average molecular weight is 300 g/mol. The monoisotopic (exact) mass is 299 g/mol. The van der Waals surface area contributed by atoms with E-state index in [1.165, 1.54) is 25.3 Å². The summed E-state index contributed by atoms with van der Waals surface area (Å²) >= 11 is 6.13. The maximum atomic E-state index is 13.3. The van der Waals surface area contributed by atoms with Crippen LogP contribution in [0.1, 0.15) is 36.0 Å². The lowest BCUT2D eigenvalue weighted by atomic mass is 9.89. The zero-order valence-electron chi connectivity index (χ0n) is 11.5. The fourth-order valence-electron chi connectivity index (χ4n) is 2.55. The molecule has 1 aliphatic carbocycles. The molecular formula is C15H19ClFNO2. The Labute approximate surface area is 123 Å². The molecule has 1 N–H and O–H groups in total. The van der Waals surface area contributed by atoms with Crippen molar-refractivity contribution in [2.75, 3.05) is 13.7 Å². The highest BCUT2D eigenvalue weighted by Gasteiger charge is 2.21. The third kappa shape index (κ3) is 3.85. The van der Waals surface area contributed by atoms with Crippen molar-refractivity contribution in [1.29, 1.82) is 0 Å². The number of alkyl halides is 1. The smallest absolute Gasteiger partial charge is 0.251 e. The lowest BCUT2D eigenvalue weighted by Crippen LogP contribution is -2.32. The summed E-state index contributed by atoms with van der Waals surface area (Å²) in [4.78, 5) is 12.0. The zero-order valence-corrected chi connectivity index (χ0v) is 12.3. The highest BCUT2D eigenvalue weighted by Crippen LogP contribution is 2.27. The molecule has 110 valence electrons. The van der Waals surface area contributed by atoms with Crippen LogP contribution in [0.2, 0.25) is 0 Å². The molecule has 0 saturated heterocycles. The van der Waals surface area contributed by atoms with Crippen LogP contribution in [0.4, 0.5) is 4.39 Å². The summed E-state index contributed by atoms with van der Waals surface area (Å²) in [6, 6.07) is 4.11. The highest BCUT2D eigenvalue weighted by molar-refractivity contribution is 6.20. The first-order valence-electron chi connectivity index (χ1n) is 6.86. The van der Waals surface area contributed by atoms with Crippen molar-refractivity contribution in [3.63, 3.8) is 0 Å². The maximum absolute atomic E-state index is 13.3. The van der Waals surface area contributed by atoms with Crippen LogP contribution in [0.5, 0.6) is 5.75 Å². The Morgan fingerprint density at radius 2 is 2.30 bits per heavy atom. The van der Waals surface area contributed by atoms with Gasteiger partial charge in [-0.15, -0.1) is 11.6 Å². The summed E-state index contributed by atoms with van der Waals surface area (Å²) in [7, 11) is 1.38. The molecule has 1 fully saturated rings. The molecule has 1 aliphatic rings. The van der Waals surface area contributed by atoms with Crippen molar-refractivity contribution in [1.82, 2.24) is 5.32 Å². The summed E-state index contributed by atoms with van der Waals surface area (Å²) in [6.45, 7) is 0.613. The Kier molecular flexibility index (Phi) is 5.24. The van der Waals surface area contributed by atoms with E-state index in [0.717, 1.165) is 25.7 Å². The van der Waals surface area contributed by atoms with E-state index in [1.54, 1.807) is 0 Å². The van der Waals surface area contributed by atoms with E-state index in [2.05, 4.69) is 5.32 Å². The van der Waals surface area contributed by atoms with Gasteiger partial charge in [0.1, 0.15) is 0 Å². The summed E-state index contributed by atoms with van der Waals surface area (Å²) in [5.41, 5.74) is 0.404. The number of benzene rings is 1. The Balaban J connectivity index is 1.91. The fourth-order valence-corrected chi connectivity index (χ4v) is 2.96. The maximum Gasteiger partial charge on any atom is 0.251 e. The van der Waals surface area contributed by atoms with Crippen molar-refractivity contribution in [2.45, 2.75) is 31.1 Å². The molecule has 0 heterocycles. The summed E-state index contributed by atoms with van der Waals surface area (Å²) in [6.07, 6.45) is 4.20. The molecule has 1 aromatic rings. The van der Waals surface area contributed by atoms with Crippen molar-refractivity contribution in [2.24, 2.45) is 5.92 Å². The molecule has 1 aromatic carbocycles. The molecule has 0 spiro atoms. The predicted molar refractivity (Wildman–Crippen MR) is 76.9 cm³/mol. The average Bonchev–Trinajstić information content (AvgIpc) is 2.45. The van der Waals surface area contributed by atoms with Gasteiger partial charge in [0, 0.05) is 17.5 Å². The van der Waals surface area contributed by atoms with E-state index in [0.29, 0.717) is 18.0 Å². The molecule has 1 saturated carbocycles. The topological polar surface area (TPSA) is 38.3 Å². The van der Waals surface area contributed by atoms with Crippen molar-refractivity contribution >= 4 is 17.5 Å². The number of hydrogen-bond acceptors (Lipinski definition) is 2. The summed E-state index contributed by atoms with van der Waals surface area (Å²) < 4.78 is 18.2. The first kappa shape index (κ1) is 15.1. The number of hydrogen-bond donors (Lipinski definition) is 1. The second-order valence-corrected chi connectivity index (χ2v) is 5.81. The van der Waals surface area contributed by atoms with Crippen LogP contribution in [0.15, 0.2) is 18.2 Å². The van der Waals surface area contributed by atoms with Gasteiger partial charge in [0.05, 0.1) is 7.11 Å². The molecule has 2 atom stereocenters. The third-order valence-corrected chi connectivity index (χ3v) is 4.08. The lowest BCUT2D eigenvalue weighted by Gasteiger charge is -2.25. The van der Waals surface area contributed by atoms with Crippen molar-refractivity contribution < 1.29 is 13.9 Å². The van der Waals surface area contributed by atoms with Gasteiger partial charge in [0.15, 0.2) is 11.6 Å². The van der Waals surface area contributed by atoms with E-state index in [1.807, 2.05) is 0 Å². The molecule has 20 heavy (non-hydrogen) atoms. The van der Waals surface area contributed by atoms with Crippen LogP contribution in [0.25, 0.3) is 0 Å². The fraction of sp³-hybridized carbons (Fsp3) is 0.533. The Hall–Kier alpha value is -1.29. The Bertz CT molecular complexity index is 481. The van der Waals surface area contributed by atoms with E-state index in [-0.39, 0.29) is 17.0 Å². The van der Waals surface area contributed by atoms with E-state index >= 15 is 0 Å². The number of nitrogens with one attached hydrogen (secondary N) is 1. The number of amides is 1. The first-order chi connectivity index (χ1) is 9.60. The number of carbonyl (C=O) groups is 1. The van der Waals surface area contributed by atoms with Crippen LogP contribution in [0.3, 0.4) is 0 Å². The van der Waals surface area contributed by atoms with Crippen LogP contribution >= 0.6 is 11.6 Å². The largest absolute Gasteiger partial charge is 0.494 e. The van der Waals surface area contributed by atoms with E-state index < -0.39 is 5.82 Å². The molecule has 2 rings (SSSR count). The number of ether oxygens (including phenoxy) is 1. The summed E-state index contributed by atoms with van der Waals surface area (Å²) in [5.74, 6) is -0.171. The second kappa shape index (κ2) is 6.93. The van der Waals surface area contributed by atoms with Gasteiger partial charge >= 0.3 is 0 Å². The highest BCUT2D eigenvalue weighted by atomic mass is 35.5. The molecule has 0 bridgehead atoms. The van der Waals surface area contributed by atoms with Crippen molar-refractivity contribution in [3.05, 3.63) is 29.6 Å². The molecule has 0 aliphatic heterocycles. The van der Waals surface area contributed by atoms with E-state index in [4.69, 9.17) is 16.3 Å². The Morgan fingerprint density at radius 3 is 3.00 bits per heavy atom. The van der Waals surface area contributed by atoms with Gasteiger partial charge in [-0.05, 0) is 43.4 Å². The lowest BCUT2D eigenvalue weighted by molar-refractivity contribution is 0.0943. The number of rotatable bonds is 4. The predicted octanol–water partition coefficient (Wildman–Crippen LogP) is 3.36. The quantitative estimate of drug-likeness (QED) is 0.866. The van der Waals surface area contributed by atoms with Gasteiger partial charge in [-0.2, -0.15) is 0 Å². The number of carbonyl (C=O) groups excluding carboxylic acids is 1. The minimum absolute atomic E-state index is 0.0798. The molecule has 2 unspecified atom stereocenters. The normalized spacial score (nSPS) is 22.4. The van der Waals surface area contributed by atoms with Gasteiger partial charge in [-0.25, -0.2) is 4.39 Å². The second-order valence-electron chi connectivity index (χ2n) is 5.19. The first-order valence-corrected chi connectivity index (χ1v) is 7.29. The number of methoxy groups -OCH3 is 1. The van der Waals surface area contributed by atoms with Crippen LogP contribution < -0.4 is 10.1 Å². The minimum atomic E-state index is -0.471. The minimum Gasteiger partial charge on any atom is -0.494 e. The van der Waals surface area contributed by atoms with Crippen LogP contribution in [-0.4, -0.2) is 24.9 Å². The van der Waals surface area contributed by atoms with Gasteiger partial charge in [0.2, 0.25) is 0 Å². The van der Waals surface area contributed by atoms with Gasteiger partial charge in [-0.3, -0.25) is 4.79 Å². The molecule has 3 nitrogen and oxygen atoms in total. The molecule has 5 heteroatoms. The van der Waals surface area contributed by atoms with Crippen LogP contribution in [-0.2, 0) is 0 Å². The third-order valence-electron chi connectivity index (χ3n) is 3.68. The zero-order chi connectivity index (χ0) is 14.5. The van der Waals surface area contributed by atoms with Crippen molar-refractivity contribution in [3.8, 4) is 5.75 Å². The van der Waals surface area contributed by atoms with Gasteiger partial charge in [-0.1, -0.05) is 6.42 Å². The molecule has 1 amide bonds.